The molecule has 2 rings (SSSR count). The molecule has 0 aliphatic rings. The van der Waals surface area contributed by atoms with E-state index in [0.29, 0.717) is 5.56 Å². The van der Waals surface area contributed by atoms with Crippen LogP contribution in [0.2, 0.25) is 0 Å². The van der Waals surface area contributed by atoms with E-state index in [0.717, 1.165) is 16.2 Å². The number of hydrogen-bond acceptors (Lipinski definition) is 7. The first-order chi connectivity index (χ1) is 12.0. The molecule has 0 fully saturated rings. The van der Waals surface area contributed by atoms with E-state index in [2.05, 4.69) is 5.32 Å². The Hall–Kier alpha value is -2.32. The number of thioether (sulfide) groups is 1. The molecule has 0 atom stereocenters. The van der Waals surface area contributed by atoms with E-state index in [1.807, 2.05) is 30.3 Å². The van der Waals surface area contributed by atoms with E-state index in [1.165, 1.54) is 26.0 Å². The summed E-state index contributed by atoms with van der Waals surface area (Å²) in [5.74, 6) is -1.28. The minimum atomic E-state index is -0.616. The van der Waals surface area contributed by atoms with Crippen LogP contribution in [-0.2, 0) is 14.3 Å². The SMILES string of the molecule is COC(=O)c1sc(NC(=O)CSc2ccccc2)c(C(=O)OC)c1C. The monoisotopic (exact) mass is 379 g/mol. The van der Waals surface area contributed by atoms with Crippen molar-refractivity contribution in [3.63, 3.8) is 0 Å². The zero-order valence-corrected chi connectivity index (χ0v) is 15.6. The number of anilines is 1. The van der Waals surface area contributed by atoms with Crippen LogP contribution >= 0.6 is 23.1 Å². The maximum Gasteiger partial charge on any atom is 0.348 e. The van der Waals surface area contributed by atoms with Crippen LogP contribution in [0.3, 0.4) is 0 Å². The van der Waals surface area contributed by atoms with Crippen LogP contribution < -0.4 is 5.32 Å². The molecule has 0 spiro atoms. The molecule has 1 aromatic carbocycles. The Labute approximate surface area is 153 Å². The van der Waals surface area contributed by atoms with Gasteiger partial charge in [-0.15, -0.1) is 23.1 Å². The van der Waals surface area contributed by atoms with Gasteiger partial charge in [-0.3, -0.25) is 4.79 Å². The molecule has 132 valence electrons. The number of esters is 2. The van der Waals surface area contributed by atoms with Crippen LogP contribution in [0.5, 0.6) is 0 Å². The molecule has 1 N–H and O–H groups in total. The molecule has 25 heavy (non-hydrogen) atoms. The molecular weight excluding hydrogens is 362 g/mol. The van der Waals surface area contributed by atoms with Crippen molar-refractivity contribution >= 4 is 45.9 Å². The summed E-state index contributed by atoms with van der Waals surface area (Å²) in [6, 6.07) is 9.49. The first-order valence-electron chi connectivity index (χ1n) is 7.25. The molecule has 1 heterocycles. The Morgan fingerprint density at radius 3 is 2.32 bits per heavy atom. The van der Waals surface area contributed by atoms with E-state index < -0.39 is 11.9 Å². The molecule has 6 nitrogen and oxygen atoms in total. The molecule has 0 unspecified atom stereocenters. The van der Waals surface area contributed by atoms with Gasteiger partial charge in [-0.25, -0.2) is 9.59 Å². The number of methoxy groups -OCH3 is 2. The van der Waals surface area contributed by atoms with Crippen molar-refractivity contribution in [1.82, 2.24) is 0 Å². The second-order valence-electron chi connectivity index (χ2n) is 4.89. The van der Waals surface area contributed by atoms with Crippen molar-refractivity contribution in [2.24, 2.45) is 0 Å². The average Bonchev–Trinajstić information content (AvgIpc) is 2.95. The number of benzene rings is 1. The van der Waals surface area contributed by atoms with Gasteiger partial charge in [0.25, 0.3) is 0 Å². The third-order valence-electron chi connectivity index (χ3n) is 3.27. The van der Waals surface area contributed by atoms with Gasteiger partial charge in [-0.2, -0.15) is 0 Å². The number of amides is 1. The van der Waals surface area contributed by atoms with Crippen LogP contribution in [0.1, 0.15) is 25.6 Å². The summed E-state index contributed by atoms with van der Waals surface area (Å²) in [6.07, 6.45) is 0. The minimum absolute atomic E-state index is 0.172. The Morgan fingerprint density at radius 2 is 1.72 bits per heavy atom. The van der Waals surface area contributed by atoms with Gasteiger partial charge in [-0.1, -0.05) is 18.2 Å². The van der Waals surface area contributed by atoms with Crippen molar-refractivity contribution < 1.29 is 23.9 Å². The summed E-state index contributed by atoms with van der Waals surface area (Å²) in [5, 5.41) is 2.97. The highest BCUT2D eigenvalue weighted by Gasteiger charge is 2.26. The Balaban J connectivity index is 2.18. The highest BCUT2D eigenvalue weighted by molar-refractivity contribution is 8.00. The molecule has 0 aliphatic carbocycles. The minimum Gasteiger partial charge on any atom is -0.465 e. The number of carbonyl (C=O) groups is 3. The summed E-state index contributed by atoms with van der Waals surface area (Å²) in [4.78, 5) is 37.3. The predicted octanol–water partition coefficient (Wildman–Crippen LogP) is 3.36. The molecule has 1 aromatic heterocycles. The second-order valence-corrected chi connectivity index (χ2v) is 6.96. The molecule has 0 bridgehead atoms. The summed E-state index contributed by atoms with van der Waals surface area (Å²) >= 11 is 2.37. The standard InChI is InChI=1S/C17H17NO5S2/c1-10-13(16(20)22-2)15(25-14(10)17(21)23-3)18-12(19)9-24-11-7-5-4-6-8-11/h4-8H,9H2,1-3H3,(H,18,19). The summed E-state index contributed by atoms with van der Waals surface area (Å²) in [7, 11) is 2.50. The fourth-order valence-corrected chi connectivity index (χ4v) is 3.91. The largest absolute Gasteiger partial charge is 0.465 e. The van der Waals surface area contributed by atoms with Crippen LogP contribution in [0, 0.1) is 6.92 Å². The van der Waals surface area contributed by atoms with Crippen molar-refractivity contribution in [3.05, 3.63) is 46.3 Å². The number of thiophene rings is 1. The molecule has 0 saturated carbocycles. The highest BCUT2D eigenvalue weighted by atomic mass is 32.2. The lowest BCUT2D eigenvalue weighted by molar-refractivity contribution is -0.113. The first kappa shape index (κ1) is 19.0. The van der Waals surface area contributed by atoms with Gasteiger partial charge in [0.1, 0.15) is 9.88 Å². The first-order valence-corrected chi connectivity index (χ1v) is 9.05. The summed E-state index contributed by atoms with van der Waals surface area (Å²) in [5.41, 5.74) is 0.598. The van der Waals surface area contributed by atoms with E-state index in [9.17, 15) is 14.4 Å². The lowest BCUT2D eigenvalue weighted by Crippen LogP contribution is -2.16. The number of carbonyl (C=O) groups excluding carboxylic acids is 3. The molecule has 1 amide bonds. The molecule has 8 heteroatoms. The number of nitrogens with one attached hydrogen (secondary N) is 1. The van der Waals surface area contributed by atoms with Crippen molar-refractivity contribution in [2.45, 2.75) is 11.8 Å². The van der Waals surface area contributed by atoms with Gasteiger partial charge < -0.3 is 14.8 Å². The van der Waals surface area contributed by atoms with Gasteiger partial charge in [0.2, 0.25) is 5.91 Å². The normalized spacial score (nSPS) is 10.2. The second kappa shape index (κ2) is 8.68. The predicted molar refractivity (Wildman–Crippen MR) is 97.5 cm³/mol. The number of rotatable bonds is 6. The van der Waals surface area contributed by atoms with Crippen molar-refractivity contribution in [3.8, 4) is 0 Å². The van der Waals surface area contributed by atoms with Crippen molar-refractivity contribution in [2.75, 3.05) is 25.3 Å². The smallest absolute Gasteiger partial charge is 0.348 e. The van der Waals surface area contributed by atoms with E-state index in [1.54, 1.807) is 6.92 Å². The average molecular weight is 379 g/mol. The Morgan fingerprint density at radius 1 is 1.08 bits per heavy atom. The summed E-state index contributed by atoms with van der Waals surface area (Å²) in [6.45, 7) is 1.61. The van der Waals surface area contributed by atoms with Gasteiger partial charge in [0.15, 0.2) is 0 Å². The molecule has 0 aliphatic heterocycles. The lowest BCUT2D eigenvalue weighted by Gasteiger charge is -2.06. The quantitative estimate of drug-likeness (QED) is 0.612. The maximum absolute atomic E-state index is 12.2. The van der Waals surface area contributed by atoms with Crippen LogP contribution in [0.4, 0.5) is 5.00 Å². The number of ether oxygens (including phenoxy) is 2. The van der Waals surface area contributed by atoms with Gasteiger partial charge in [-0.05, 0) is 24.6 Å². The van der Waals surface area contributed by atoms with Crippen molar-refractivity contribution in [1.29, 1.82) is 0 Å². The molecule has 0 radical (unpaired) electrons. The number of hydrogen-bond donors (Lipinski definition) is 1. The molecular formula is C17H17NO5S2. The van der Waals surface area contributed by atoms with E-state index in [4.69, 9.17) is 9.47 Å². The fourth-order valence-electron chi connectivity index (χ4n) is 2.07. The van der Waals surface area contributed by atoms with Gasteiger partial charge >= 0.3 is 11.9 Å². The van der Waals surface area contributed by atoms with E-state index >= 15 is 0 Å². The molecule has 2 aromatic rings. The third-order valence-corrected chi connectivity index (χ3v) is 5.47. The van der Waals surface area contributed by atoms with Crippen LogP contribution in [-0.4, -0.2) is 37.8 Å². The van der Waals surface area contributed by atoms with Crippen LogP contribution in [0.15, 0.2) is 35.2 Å². The zero-order valence-electron chi connectivity index (χ0n) is 14.0. The van der Waals surface area contributed by atoms with Gasteiger partial charge in [0.05, 0.1) is 25.5 Å². The lowest BCUT2D eigenvalue weighted by atomic mass is 10.1. The Kier molecular flexibility index (Phi) is 6.60. The highest BCUT2D eigenvalue weighted by Crippen LogP contribution is 2.34. The Bertz CT molecular complexity index is 786. The maximum atomic E-state index is 12.2. The molecule has 0 saturated heterocycles. The summed E-state index contributed by atoms with van der Waals surface area (Å²) < 4.78 is 9.47. The zero-order chi connectivity index (χ0) is 18.4. The third kappa shape index (κ3) is 4.61. The van der Waals surface area contributed by atoms with Crippen LogP contribution in [0.25, 0.3) is 0 Å². The van der Waals surface area contributed by atoms with E-state index in [-0.39, 0.29) is 27.1 Å². The topological polar surface area (TPSA) is 81.7 Å². The van der Waals surface area contributed by atoms with Gasteiger partial charge in [0, 0.05) is 4.90 Å². The fraction of sp³-hybridized carbons (Fsp3) is 0.235.